The molecule has 1 atom stereocenters. The third-order valence-electron chi connectivity index (χ3n) is 5.46. The van der Waals surface area contributed by atoms with E-state index < -0.39 is 24.0 Å². The summed E-state index contributed by atoms with van der Waals surface area (Å²) in [6.45, 7) is 5.48. The van der Waals surface area contributed by atoms with Crippen LogP contribution in [0.1, 0.15) is 35.4 Å². The number of urea groups is 1. The van der Waals surface area contributed by atoms with E-state index in [1.54, 1.807) is 19.1 Å². The first-order valence-electron chi connectivity index (χ1n) is 10.5. The normalized spacial score (nSPS) is 15.8. The van der Waals surface area contributed by atoms with E-state index in [0.717, 1.165) is 16.5 Å². The minimum atomic E-state index is -0.870. The minimum Gasteiger partial charge on any atom is -0.467 e. The third-order valence-corrected chi connectivity index (χ3v) is 5.46. The number of ether oxygens (including phenoxy) is 2. The summed E-state index contributed by atoms with van der Waals surface area (Å²) in [5.41, 5.74) is 3.82. The molecule has 33 heavy (non-hydrogen) atoms. The van der Waals surface area contributed by atoms with Crippen LogP contribution in [0.15, 0.2) is 56.9 Å². The lowest BCUT2D eigenvalue weighted by molar-refractivity contribution is -0.143. The number of amides is 2. The number of carbonyl (C=O) groups excluding carboxylic acids is 3. The number of fused-ring (bicyclic) bond motifs is 1. The standard InChI is InChI=1S/C24H24N2O7/c1-4-30-23(28)21-17(25-24(29)26-22(21)18-6-5-7-31-18)12-33-20(27)10-15-11-32-19-9-14(3)13(2)8-16(15)19/h5-9,11,22H,4,10,12H2,1-3H3,(H2,25,26,29). The highest BCUT2D eigenvalue weighted by molar-refractivity contribution is 5.95. The van der Waals surface area contributed by atoms with Crippen LogP contribution >= 0.6 is 0 Å². The molecule has 1 aromatic carbocycles. The number of esters is 2. The van der Waals surface area contributed by atoms with Crippen LogP contribution in [0.25, 0.3) is 11.0 Å². The van der Waals surface area contributed by atoms with Gasteiger partial charge in [0.1, 0.15) is 24.0 Å². The summed E-state index contributed by atoms with van der Waals surface area (Å²) in [5, 5.41) is 6.03. The maximum Gasteiger partial charge on any atom is 0.338 e. The van der Waals surface area contributed by atoms with Gasteiger partial charge in [-0.3, -0.25) is 4.79 Å². The Labute approximate surface area is 189 Å². The zero-order valence-corrected chi connectivity index (χ0v) is 18.5. The summed E-state index contributed by atoms with van der Waals surface area (Å²) in [5.74, 6) is -0.828. The molecule has 1 aliphatic rings. The molecule has 2 aromatic heterocycles. The Hall–Kier alpha value is -4.01. The summed E-state index contributed by atoms with van der Waals surface area (Å²) >= 11 is 0. The molecule has 0 radical (unpaired) electrons. The van der Waals surface area contributed by atoms with Crippen LogP contribution in [-0.4, -0.2) is 31.2 Å². The van der Waals surface area contributed by atoms with Crippen molar-refractivity contribution in [3.63, 3.8) is 0 Å². The van der Waals surface area contributed by atoms with E-state index in [0.29, 0.717) is 16.9 Å². The number of benzene rings is 1. The molecule has 0 saturated carbocycles. The maximum atomic E-state index is 12.7. The number of aryl methyl sites for hydroxylation is 2. The van der Waals surface area contributed by atoms with E-state index in [1.165, 1.54) is 12.5 Å². The Kier molecular flexibility index (Phi) is 6.21. The average Bonchev–Trinajstić information content (AvgIpc) is 3.43. The van der Waals surface area contributed by atoms with Crippen LogP contribution in [-0.2, 0) is 25.5 Å². The molecule has 3 heterocycles. The van der Waals surface area contributed by atoms with Crippen molar-refractivity contribution < 1.29 is 32.7 Å². The van der Waals surface area contributed by atoms with Gasteiger partial charge in [-0.05, 0) is 56.2 Å². The molecule has 0 fully saturated rings. The van der Waals surface area contributed by atoms with Crippen molar-refractivity contribution in [1.29, 1.82) is 0 Å². The zero-order valence-electron chi connectivity index (χ0n) is 18.5. The quantitative estimate of drug-likeness (QED) is 0.526. The van der Waals surface area contributed by atoms with Gasteiger partial charge in [0.2, 0.25) is 0 Å². The second-order valence-corrected chi connectivity index (χ2v) is 7.69. The SMILES string of the molecule is CCOC(=O)C1=C(COC(=O)Cc2coc3cc(C)c(C)cc23)NC(=O)NC1c1ccco1. The highest BCUT2D eigenvalue weighted by Crippen LogP contribution is 2.29. The fraction of sp³-hybridized carbons (Fsp3) is 0.292. The van der Waals surface area contributed by atoms with Crippen LogP contribution in [0.5, 0.6) is 0 Å². The van der Waals surface area contributed by atoms with E-state index >= 15 is 0 Å². The van der Waals surface area contributed by atoms with Crippen LogP contribution in [0.3, 0.4) is 0 Å². The molecule has 0 bridgehead atoms. The topological polar surface area (TPSA) is 120 Å². The monoisotopic (exact) mass is 452 g/mol. The van der Waals surface area contributed by atoms with Crippen molar-refractivity contribution in [2.24, 2.45) is 0 Å². The van der Waals surface area contributed by atoms with E-state index in [2.05, 4.69) is 10.6 Å². The van der Waals surface area contributed by atoms with Crippen molar-refractivity contribution in [3.8, 4) is 0 Å². The summed E-state index contributed by atoms with van der Waals surface area (Å²) in [6.07, 6.45) is 2.95. The predicted molar refractivity (Wildman–Crippen MR) is 117 cm³/mol. The second kappa shape index (κ2) is 9.23. The molecule has 172 valence electrons. The zero-order chi connectivity index (χ0) is 23.5. The Morgan fingerprint density at radius 3 is 2.64 bits per heavy atom. The number of furan rings is 2. The van der Waals surface area contributed by atoms with Gasteiger partial charge in [-0.1, -0.05) is 0 Å². The number of hydrogen-bond donors (Lipinski definition) is 2. The van der Waals surface area contributed by atoms with Crippen LogP contribution in [0.4, 0.5) is 4.79 Å². The van der Waals surface area contributed by atoms with Gasteiger partial charge in [-0.2, -0.15) is 0 Å². The third kappa shape index (κ3) is 4.62. The first-order chi connectivity index (χ1) is 15.9. The van der Waals surface area contributed by atoms with Gasteiger partial charge >= 0.3 is 18.0 Å². The highest BCUT2D eigenvalue weighted by Gasteiger charge is 2.35. The molecule has 2 N–H and O–H groups in total. The Balaban J connectivity index is 1.55. The number of carbonyl (C=O) groups is 3. The fourth-order valence-electron chi connectivity index (χ4n) is 3.68. The van der Waals surface area contributed by atoms with Gasteiger partial charge in [0.15, 0.2) is 0 Å². The van der Waals surface area contributed by atoms with Gasteiger partial charge in [0.05, 0.1) is 36.8 Å². The molecule has 0 spiro atoms. The van der Waals surface area contributed by atoms with E-state index in [-0.39, 0.29) is 30.9 Å². The van der Waals surface area contributed by atoms with Crippen molar-refractivity contribution in [1.82, 2.24) is 10.6 Å². The van der Waals surface area contributed by atoms with Gasteiger partial charge in [0, 0.05) is 10.9 Å². The molecule has 1 unspecified atom stereocenters. The van der Waals surface area contributed by atoms with Crippen molar-refractivity contribution in [3.05, 3.63) is 70.5 Å². The molecular weight excluding hydrogens is 428 g/mol. The molecule has 2 amide bonds. The molecular formula is C24H24N2O7. The maximum absolute atomic E-state index is 12.7. The van der Waals surface area contributed by atoms with E-state index in [4.69, 9.17) is 18.3 Å². The lowest BCUT2D eigenvalue weighted by atomic mass is 10.0. The van der Waals surface area contributed by atoms with E-state index in [1.807, 2.05) is 26.0 Å². The van der Waals surface area contributed by atoms with Crippen molar-refractivity contribution in [2.45, 2.75) is 33.2 Å². The number of nitrogens with one attached hydrogen (secondary N) is 2. The Morgan fingerprint density at radius 1 is 1.12 bits per heavy atom. The summed E-state index contributed by atoms with van der Waals surface area (Å²) in [4.78, 5) is 37.5. The van der Waals surface area contributed by atoms with Gasteiger partial charge in [-0.15, -0.1) is 0 Å². The highest BCUT2D eigenvalue weighted by atomic mass is 16.5. The first kappa shape index (κ1) is 22.2. The lowest BCUT2D eigenvalue weighted by Crippen LogP contribution is -2.47. The molecule has 9 heteroatoms. The van der Waals surface area contributed by atoms with Gasteiger partial charge in [-0.25, -0.2) is 9.59 Å². The molecule has 1 aliphatic heterocycles. The second-order valence-electron chi connectivity index (χ2n) is 7.69. The molecule has 9 nitrogen and oxygen atoms in total. The molecule has 4 rings (SSSR count). The van der Waals surface area contributed by atoms with Crippen LogP contribution in [0.2, 0.25) is 0 Å². The minimum absolute atomic E-state index is 0.0225. The van der Waals surface area contributed by atoms with E-state index in [9.17, 15) is 14.4 Å². The molecule has 0 saturated heterocycles. The van der Waals surface area contributed by atoms with Crippen molar-refractivity contribution in [2.75, 3.05) is 13.2 Å². The van der Waals surface area contributed by atoms with Crippen molar-refractivity contribution >= 4 is 28.9 Å². The van der Waals surface area contributed by atoms with Crippen LogP contribution in [0, 0.1) is 13.8 Å². The smallest absolute Gasteiger partial charge is 0.338 e. The summed E-state index contributed by atoms with van der Waals surface area (Å²) < 4.78 is 21.5. The fourth-order valence-corrected chi connectivity index (χ4v) is 3.68. The Bertz CT molecular complexity index is 1240. The Morgan fingerprint density at radius 2 is 1.91 bits per heavy atom. The van der Waals surface area contributed by atoms with Gasteiger partial charge < -0.3 is 28.9 Å². The number of rotatable bonds is 7. The number of hydrogen-bond acceptors (Lipinski definition) is 7. The van der Waals surface area contributed by atoms with Crippen LogP contribution < -0.4 is 10.6 Å². The largest absolute Gasteiger partial charge is 0.467 e. The lowest BCUT2D eigenvalue weighted by Gasteiger charge is -2.27. The summed E-state index contributed by atoms with van der Waals surface area (Å²) in [6, 6.07) is 5.75. The predicted octanol–water partition coefficient (Wildman–Crippen LogP) is 3.60. The summed E-state index contributed by atoms with van der Waals surface area (Å²) in [7, 11) is 0. The average molecular weight is 452 g/mol. The first-order valence-corrected chi connectivity index (χ1v) is 10.5. The molecule has 3 aromatic rings. The van der Waals surface area contributed by atoms with Gasteiger partial charge in [0.25, 0.3) is 0 Å². The molecule has 0 aliphatic carbocycles.